The number of nitrogens with one attached hydrogen (secondary N) is 3. The number of para-hydroxylation sites is 1. The Labute approximate surface area is 152 Å². The molecule has 0 aromatic heterocycles. The van der Waals surface area contributed by atoms with Gasteiger partial charge in [-0.25, -0.2) is 4.99 Å². The van der Waals surface area contributed by atoms with Crippen molar-refractivity contribution < 1.29 is 5.11 Å². The lowest BCUT2D eigenvalue weighted by Gasteiger charge is -2.26. The van der Waals surface area contributed by atoms with Gasteiger partial charge in [-0.05, 0) is 50.2 Å². The van der Waals surface area contributed by atoms with Crippen LogP contribution in [0, 0.1) is 11.3 Å². The molecule has 2 heterocycles. The lowest BCUT2D eigenvalue weighted by Crippen LogP contribution is -2.33. The lowest BCUT2D eigenvalue weighted by atomic mass is 9.93. The average molecular weight is 352 g/mol. The second-order valence-corrected chi connectivity index (χ2v) is 6.36. The van der Waals surface area contributed by atoms with E-state index in [0.717, 1.165) is 31.6 Å². The Morgan fingerprint density at radius 2 is 1.96 bits per heavy atom. The van der Waals surface area contributed by atoms with Gasteiger partial charge in [0.25, 0.3) is 0 Å². The number of allylic oxidation sites excluding steroid dienone is 2. The Bertz CT molecular complexity index is 815. The van der Waals surface area contributed by atoms with Gasteiger partial charge in [0.2, 0.25) is 0 Å². The minimum atomic E-state index is -0.127. The first kappa shape index (κ1) is 17.8. The van der Waals surface area contributed by atoms with Crippen LogP contribution in [0.2, 0.25) is 0 Å². The Kier molecular flexibility index (Phi) is 5.38. The van der Waals surface area contributed by atoms with E-state index in [1.807, 2.05) is 6.08 Å². The molecule has 0 spiro atoms. The molecule has 0 radical (unpaired) electrons. The number of nitrogens with zero attached hydrogens (tertiary/aromatic N) is 1. The summed E-state index contributed by atoms with van der Waals surface area (Å²) in [7, 11) is 0. The number of phenolic OH excluding ortho intramolecular Hbond substituents is 1. The van der Waals surface area contributed by atoms with Crippen LogP contribution in [-0.2, 0) is 0 Å². The molecule has 26 heavy (non-hydrogen) atoms. The molecule has 3 rings (SSSR count). The van der Waals surface area contributed by atoms with E-state index in [4.69, 9.17) is 16.9 Å². The molecule has 1 aromatic rings. The standard InChI is InChI=1S/C19H24N6O/c20-15(13-3-1-2-4-18(13)26)9-14(19(21)22)17-10-16(24-11-25-17)12-5-7-23-8-6-12/h1-4,9-12,23,26H,5-8,20H2,(H3,21,22)(H,24,25)/b15-9-,17-14?. The number of nitrogens with two attached hydrogens (primary N) is 2. The van der Waals surface area contributed by atoms with Gasteiger partial charge in [0.1, 0.15) is 11.6 Å². The number of hydrogen-bond donors (Lipinski definition) is 6. The van der Waals surface area contributed by atoms with Gasteiger partial charge in [0.05, 0.1) is 12.0 Å². The van der Waals surface area contributed by atoms with E-state index >= 15 is 0 Å². The molecule has 2 aliphatic rings. The first-order valence-electron chi connectivity index (χ1n) is 8.62. The van der Waals surface area contributed by atoms with Crippen LogP contribution in [0.15, 0.2) is 58.4 Å². The number of hydrogen-bond acceptors (Lipinski definition) is 6. The summed E-state index contributed by atoms with van der Waals surface area (Å²) in [6, 6.07) is 6.79. The van der Waals surface area contributed by atoms with Crippen LogP contribution in [0.1, 0.15) is 18.4 Å². The van der Waals surface area contributed by atoms with Crippen molar-refractivity contribution in [2.24, 2.45) is 22.4 Å². The minimum Gasteiger partial charge on any atom is -0.507 e. The molecule has 1 fully saturated rings. The van der Waals surface area contributed by atoms with Gasteiger partial charge in [-0.3, -0.25) is 5.41 Å². The van der Waals surface area contributed by atoms with E-state index in [9.17, 15) is 5.11 Å². The summed E-state index contributed by atoms with van der Waals surface area (Å²) in [4.78, 5) is 4.33. The summed E-state index contributed by atoms with van der Waals surface area (Å²) in [5, 5.41) is 24.5. The van der Waals surface area contributed by atoms with Crippen LogP contribution in [0.4, 0.5) is 0 Å². The Morgan fingerprint density at radius 1 is 1.23 bits per heavy atom. The van der Waals surface area contributed by atoms with Crippen molar-refractivity contribution in [1.29, 1.82) is 5.41 Å². The number of rotatable bonds is 4. The van der Waals surface area contributed by atoms with E-state index in [-0.39, 0.29) is 11.6 Å². The van der Waals surface area contributed by atoms with Crippen molar-refractivity contribution in [3.8, 4) is 5.75 Å². The second-order valence-electron chi connectivity index (χ2n) is 6.36. The molecular weight excluding hydrogens is 328 g/mol. The third-order valence-corrected chi connectivity index (χ3v) is 4.59. The van der Waals surface area contributed by atoms with Gasteiger partial charge in [-0.1, -0.05) is 12.1 Å². The fourth-order valence-electron chi connectivity index (χ4n) is 3.16. The summed E-state index contributed by atoms with van der Waals surface area (Å²) >= 11 is 0. The van der Waals surface area contributed by atoms with Crippen LogP contribution in [0.25, 0.3) is 5.70 Å². The smallest absolute Gasteiger partial charge is 0.125 e. The molecule has 0 saturated carbocycles. The zero-order chi connectivity index (χ0) is 18.5. The number of benzene rings is 1. The Balaban J connectivity index is 1.97. The maximum Gasteiger partial charge on any atom is 0.125 e. The van der Waals surface area contributed by atoms with E-state index in [2.05, 4.69) is 15.6 Å². The van der Waals surface area contributed by atoms with Gasteiger partial charge in [0.15, 0.2) is 0 Å². The predicted octanol–water partition coefficient (Wildman–Crippen LogP) is 1.40. The second kappa shape index (κ2) is 7.88. The maximum atomic E-state index is 9.98. The van der Waals surface area contributed by atoms with Crippen molar-refractivity contribution in [3.05, 3.63) is 58.9 Å². The topological polar surface area (TPSA) is 133 Å². The van der Waals surface area contributed by atoms with E-state index < -0.39 is 0 Å². The average Bonchev–Trinajstić information content (AvgIpc) is 2.67. The zero-order valence-electron chi connectivity index (χ0n) is 14.5. The molecule has 1 aromatic carbocycles. The molecule has 8 N–H and O–H groups in total. The molecule has 7 heteroatoms. The summed E-state index contributed by atoms with van der Waals surface area (Å²) in [5.41, 5.74) is 14.8. The Hall–Kier alpha value is -3.06. The molecule has 0 unspecified atom stereocenters. The Morgan fingerprint density at radius 3 is 2.65 bits per heavy atom. The quantitative estimate of drug-likeness (QED) is 0.360. The van der Waals surface area contributed by atoms with Crippen molar-refractivity contribution in [2.75, 3.05) is 13.1 Å². The summed E-state index contributed by atoms with van der Waals surface area (Å²) < 4.78 is 0. The van der Waals surface area contributed by atoms with E-state index in [1.165, 1.54) is 0 Å². The third-order valence-electron chi connectivity index (χ3n) is 4.59. The number of aromatic hydroxyl groups is 1. The highest BCUT2D eigenvalue weighted by atomic mass is 16.3. The highest BCUT2D eigenvalue weighted by Gasteiger charge is 2.20. The van der Waals surface area contributed by atoms with Gasteiger partial charge in [-0.15, -0.1) is 0 Å². The van der Waals surface area contributed by atoms with Crippen LogP contribution >= 0.6 is 0 Å². The van der Waals surface area contributed by atoms with Crippen molar-refractivity contribution >= 4 is 17.9 Å². The van der Waals surface area contributed by atoms with Gasteiger partial charge >= 0.3 is 0 Å². The fraction of sp³-hybridized carbons (Fsp3) is 0.263. The van der Waals surface area contributed by atoms with Crippen LogP contribution in [0.5, 0.6) is 5.75 Å². The molecule has 7 nitrogen and oxygen atoms in total. The minimum absolute atomic E-state index is 0.0777. The van der Waals surface area contributed by atoms with Crippen molar-refractivity contribution in [1.82, 2.24) is 10.6 Å². The van der Waals surface area contributed by atoms with Crippen LogP contribution in [-0.4, -0.2) is 30.4 Å². The molecule has 0 amide bonds. The normalized spacial score (nSPS) is 20.3. The maximum absolute atomic E-state index is 9.98. The largest absolute Gasteiger partial charge is 0.507 e. The van der Waals surface area contributed by atoms with Crippen LogP contribution in [0.3, 0.4) is 0 Å². The first-order chi connectivity index (χ1) is 12.6. The first-order valence-corrected chi connectivity index (χ1v) is 8.62. The highest BCUT2D eigenvalue weighted by molar-refractivity contribution is 6.00. The van der Waals surface area contributed by atoms with Gasteiger partial charge in [0, 0.05) is 28.4 Å². The molecular formula is C19H24N6O. The molecule has 1 saturated heterocycles. The highest BCUT2D eigenvalue weighted by Crippen LogP contribution is 2.26. The molecule has 2 aliphatic heterocycles. The van der Waals surface area contributed by atoms with E-state index in [0.29, 0.717) is 28.4 Å². The summed E-state index contributed by atoms with van der Waals surface area (Å²) in [5.74, 6) is 0.373. The number of phenols is 1. The van der Waals surface area contributed by atoms with Crippen molar-refractivity contribution in [3.63, 3.8) is 0 Å². The van der Waals surface area contributed by atoms with E-state index in [1.54, 1.807) is 36.7 Å². The van der Waals surface area contributed by atoms with Crippen LogP contribution < -0.4 is 22.1 Å². The van der Waals surface area contributed by atoms with Gasteiger partial charge in [-0.2, -0.15) is 0 Å². The third kappa shape index (κ3) is 3.94. The summed E-state index contributed by atoms with van der Waals surface area (Å²) in [6.07, 6.45) is 7.24. The fourth-order valence-corrected chi connectivity index (χ4v) is 3.16. The monoisotopic (exact) mass is 352 g/mol. The molecule has 0 aliphatic carbocycles. The number of amidine groups is 1. The zero-order valence-corrected chi connectivity index (χ0v) is 14.5. The predicted molar refractivity (Wildman–Crippen MR) is 105 cm³/mol. The SMILES string of the molecule is N=C(N)C(/C=C(\N)c1ccccc1O)=C1C=C(C2CCNCC2)NC=N1. The van der Waals surface area contributed by atoms with Gasteiger partial charge < -0.3 is 27.2 Å². The number of piperidine rings is 1. The lowest BCUT2D eigenvalue weighted by molar-refractivity contribution is 0.411. The van der Waals surface area contributed by atoms with Crippen molar-refractivity contribution in [2.45, 2.75) is 12.8 Å². The molecule has 0 atom stereocenters. The molecule has 0 bridgehead atoms. The summed E-state index contributed by atoms with van der Waals surface area (Å²) in [6.45, 7) is 1.97. The molecule has 136 valence electrons. The number of aliphatic imine (C=N–C) groups is 1.